The predicted octanol–water partition coefficient (Wildman–Crippen LogP) is -0.823. The summed E-state index contributed by atoms with van der Waals surface area (Å²) in [7, 11) is 0. The Morgan fingerprint density at radius 1 is 1.67 bits per heavy atom. The average Bonchev–Trinajstić information content (AvgIpc) is 1.83. The Labute approximate surface area is 66.9 Å². The van der Waals surface area contributed by atoms with Crippen LogP contribution in [0.3, 0.4) is 0 Å². The molecule has 0 saturated carbocycles. The lowest BCUT2D eigenvalue weighted by Crippen LogP contribution is -2.25. The van der Waals surface area contributed by atoms with Gasteiger partial charge in [0.25, 0.3) is 0 Å². The zero-order valence-corrected chi connectivity index (χ0v) is 6.84. The molecule has 0 aliphatic rings. The Kier molecular flexibility index (Phi) is 4.10. The van der Waals surface area contributed by atoms with Gasteiger partial charge in [-0.05, 0) is 0 Å². The SMILES string of the molecule is N=C(N)CN=C(N)NI. The highest BCUT2D eigenvalue weighted by Crippen LogP contribution is 1.71. The van der Waals surface area contributed by atoms with E-state index in [-0.39, 0.29) is 18.3 Å². The van der Waals surface area contributed by atoms with Crippen LogP contribution in [0.25, 0.3) is 0 Å². The molecule has 52 valence electrons. The summed E-state index contributed by atoms with van der Waals surface area (Å²) in [6, 6.07) is 0. The van der Waals surface area contributed by atoms with E-state index in [2.05, 4.69) is 8.52 Å². The Bertz CT molecular complexity index is 130. The van der Waals surface area contributed by atoms with E-state index in [1.165, 1.54) is 0 Å². The summed E-state index contributed by atoms with van der Waals surface area (Å²) in [6.07, 6.45) is 0. The second-order valence-corrected chi connectivity index (χ2v) is 1.86. The number of nitrogens with two attached hydrogens (primary N) is 2. The molecule has 0 rings (SSSR count). The Morgan fingerprint density at radius 3 is 2.56 bits per heavy atom. The van der Waals surface area contributed by atoms with Crippen LogP contribution < -0.4 is 15.0 Å². The van der Waals surface area contributed by atoms with Gasteiger partial charge < -0.3 is 11.5 Å². The molecule has 0 unspecified atom stereocenters. The van der Waals surface area contributed by atoms with Gasteiger partial charge in [0.05, 0.1) is 29.4 Å². The Hall–Kier alpha value is -0.530. The third-order valence-electron chi connectivity index (χ3n) is 0.517. The van der Waals surface area contributed by atoms with Crippen molar-refractivity contribution in [1.82, 2.24) is 3.53 Å². The number of hydrogen-bond acceptors (Lipinski definition) is 2. The van der Waals surface area contributed by atoms with Gasteiger partial charge in [-0.3, -0.25) is 8.94 Å². The number of hydrogen-bond donors (Lipinski definition) is 4. The van der Waals surface area contributed by atoms with E-state index < -0.39 is 0 Å². The number of rotatable bonds is 2. The summed E-state index contributed by atoms with van der Waals surface area (Å²) < 4.78 is 2.57. The van der Waals surface area contributed by atoms with Crippen molar-refractivity contribution in [3.63, 3.8) is 0 Å². The summed E-state index contributed by atoms with van der Waals surface area (Å²) in [5.74, 6) is 0.287. The normalized spacial score (nSPS) is 11.0. The quantitative estimate of drug-likeness (QED) is 0.220. The van der Waals surface area contributed by atoms with Gasteiger partial charge in [0.1, 0.15) is 5.84 Å². The Morgan fingerprint density at radius 2 is 2.22 bits per heavy atom. The van der Waals surface area contributed by atoms with E-state index in [1.807, 2.05) is 22.9 Å². The van der Waals surface area contributed by atoms with E-state index in [0.717, 1.165) is 0 Å². The highest BCUT2D eigenvalue weighted by atomic mass is 127. The van der Waals surface area contributed by atoms with E-state index >= 15 is 0 Å². The van der Waals surface area contributed by atoms with Crippen LogP contribution >= 0.6 is 22.9 Å². The molecule has 0 amide bonds. The third kappa shape index (κ3) is 5.34. The van der Waals surface area contributed by atoms with Gasteiger partial charge >= 0.3 is 0 Å². The summed E-state index contributed by atoms with van der Waals surface area (Å²) in [5.41, 5.74) is 10.2. The van der Waals surface area contributed by atoms with Crippen LogP contribution in [0.2, 0.25) is 0 Å². The van der Waals surface area contributed by atoms with Crippen LogP contribution in [-0.4, -0.2) is 18.3 Å². The van der Waals surface area contributed by atoms with Gasteiger partial charge in [0, 0.05) is 0 Å². The lowest BCUT2D eigenvalue weighted by molar-refractivity contribution is 1.20. The molecule has 0 fully saturated rings. The molecule has 0 radical (unpaired) electrons. The molecule has 0 aliphatic carbocycles. The first-order valence-electron chi connectivity index (χ1n) is 2.16. The van der Waals surface area contributed by atoms with Crippen molar-refractivity contribution < 1.29 is 0 Å². The predicted molar refractivity (Wildman–Crippen MR) is 45.6 cm³/mol. The average molecular weight is 241 g/mol. The van der Waals surface area contributed by atoms with Crippen molar-refractivity contribution >= 4 is 34.7 Å². The molecule has 0 saturated heterocycles. The van der Waals surface area contributed by atoms with Gasteiger partial charge in [-0.2, -0.15) is 0 Å². The van der Waals surface area contributed by atoms with Crippen LogP contribution in [0.15, 0.2) is 4.99 Å². The van der Waals surface area contributed by atoms with E-state index in [4.69, 9.17) is 16.9 Å². The maximum Gasteiger partial charge on any atom is 0.197 e. The first-order chi connectivity index (χ1) is 4.16. The second kappa shape index (κ2) is 4.36. The highest BCUT2D eigenvalue weighted by molar-refractivity contribution is 14.1. The zero-order chi connectivity index (χ0) is 7.28. The fourth-order valence-electron chi connectivity index (χ4n) is 0.200. The lowest BCUT2D eigenvalue weighted by Gasteiger charge is -1.94. The monoisotopic (exact) mass is 241 g/mol. The fourth-order valence-corrected chi connectivity index (χ4v) is 0.371. The molecule has 0 aromatic carbocycles. The third-order valence-corrected chi connectivity index (χ3v) is 1.07. The zero-order valence-electron chi connectivity index (χ0n) is 4.69. The minimum Gasteiger partial charge on any atom is -0.386 e. The van der Waals surface area contributed by atoms with Crippen molar-refractivity contribution in [3.8, 4) is 0 Å². The fraction of sp³-hybridized carbons (Fsp3) is 0.333. The minimum absolute atomic E-state index is 0.00426. The first-order valence-corrected chi connectivity index (χ1v) is 3.24. The number of guanidine groups is 1. The molecule has 0 heterocycles. The molecule has 0 bridgehead atoms. The number of nitrogens with zero attached hydrogens (tertiary/aromatic N) is 1. The lowest BCUT2D eigenvalue weighted by atomic mass is 10.6. The van der Waals surface area contributed by atoms with Gasteiger partial charge in [-0.1, -0.05) is 0 Å². The van der Waals surface area contributed by atoms with Crippen LogP contribution in [0, 0.1) is 5.41 Å². The van der Waals surface area contributed by atoms with Crippen LogP contribution in [0.5, 0.6) is 0 Å². The summed E-state index contributed by atoms with van der Waals surface area (Å²) in [5, 5.41) is 6.75. The number of halogens is 1. The number of aliphatic imine (C=N–C) groups is 1. The largest absolute Gasteiger partial charge is 0.386 e. The molecule has 5 nitrogen and oxygen atoms in total. The summed E-state index contributed by atoms with van der Waals surface area (Å²) in [4.78, 5) is 3.67. The number of amidine groups is 1. The summed E-state index contributed by atoms with van der Waals surface area (Å²) in [6.45, 7) is 0.155. The first kappa shape index (κ1) is 8.47. The molecule has 6 N–H and O–H groups in total. The smallest absolute Gasteiger partial charge is 0.197 e. The maximum absolute atomic E-state index is 6.75. The molecule has 0 aromatic rings. The Balaban J connectivity index is 3.56. The van der Waals surface area contributed by atoms with Crippen molar-refractivity contribution in [2.45, 2.75) is 0 Å². The summed E-state index contributed by atoms with van der Waals surface area (Å²) >= 11 is 1.84. The molecule has 0 atom stereocenters. The molecule has 6 heteroatoms. The van der Waals surface area contributed by atoms with E-state index in [1.54, 1.807) is 0 Å². The van der Waals surface area contributed by atoms with Gasteiger partial charge in [-0.25, -0.2) is 4.99 Å². The molecule has 0 aromatic heterocycles. The van der Waals surface area contributed by atoms with Crippen molar-refractivity contribution in [3.05, 3.63) is 0 Å². The molecular formula is C3H8IN5. The molecule has 0 aliphatic heterocycles. The van der Waals surface area contributed by atoms with E-state index in [0.29, 0.717) is 0 Å². The van der Waals surface area contributed by atoms with Crippen molar-refractivity contribution in [2.75, 3.05) is 6.54 Å². The van der Waals surface area contributed by atoms with Gasteiger partial charge in [-0.15, -0.1) is 0 Å². The highest BCUT2D eigenvalue weighted by Gasteiger charge is 1.86. The van der Waals surface area contributed by atoms with Crippen LogP contribution in [-0.2, 0) is 0 Å². The van der Waals surface area contributed by atoms with Crippen molar-refractivity contribution in [2.24, 2.45) is 16.5 Å². The maximum atomic E-state index is 6.75. The minimum atomic E-state index is 0.00426. The van der Waals surface area contributed by atoms with Crippen LogP contribution in [0.4, 0.5) is 0 Å². The van der Waals surface area contributed by atoms with Crippen molar-refractivity contribution in [1.29, 1.82) is 5.41 Å². The number of nitrogens with one attached hydrogen (secondary N) is 2. The topological polar surface area (TPSA) is 100 Å². The van der Waals surface area contributed by atoms with Gasteiger partial charge in [0.2, 0.25) is 0 Å². The molecule has 0 spiro atoms. The molecule has 9 heavy (non-hydrogen) atoms. The van der Waals surface area contributed by atoms with E-state index in [9.17, 15) is 0 Å². The molecular weight excluding hydrogens is 233 g/mol. The standard InChI is InChI=1S/C3H8IN5/c4-9-3(7)8-1-2(5)6/h1H2,(H3,5,6)(H3,7,8,9). The second-order valence-electron chi connectivity index (χ2n) is 1.32. The van der Waals surface area contributed by atoms with Crippen LogP contribution in [0.1, 0.15) is 0 Å². The van der Waals surface area contributed by atoms with Gasteiger partial charge in [0.15, 0.2) is 5.96 Å².